The summed E-state index contributed by atoms with van der Waals surface area (Å²) in [5.74, 6) is 2.24. The smallest absolute Gasteiger partial charge is 0.160 e. The van der Waals surface area contributed by atoms with Crippen LogP contribution in [0.4, 0.5) is 0 Å². The number of ether oxygens (including phenoxy) is 4. The molecule has 2 aromatic carbocycles. The van der Waals surface area contributed by atoms with Crippen molar-refractivity contribution in [3.8, 4) is 17.2 Å². The third kappa shape index (κ3) is 2.30. The number of aromatic hydroxyl groups is 1. The lowest BCUT2D eigenvalue weighted by atomic mass is 9.84. The summed E-state index contributed by atoms with van der Waals surface area (Å²) in [5.41, 5.74) is 3.49. The van der Waals surface area contributed by atoms with Crippen LogP contribution < -0.4 is 9.47 Å². The van der Waals surface area contributed by atoms with Gasteiger partial charge in [-0.25, -0.2) is 0 Å². The number of methoxy groups -OCH3 is 1. The summed E-state index contributed by atoms with van der Waals surface area (Å²) in [5, 5.41) is 9.81. The third-order valence-electron chi connectivity index (χ3n) is 5.59. The minimum atomic E-state index is -0.0283. The maximum Gasteiger partial charge on any atom is 0.160 e. The van der Waals surface area contributed by atoms with E-state index in [1.165, 1.54) is 11.1 Å². The van der Waals surface area contributed by atoms with E-state index in [-0.39, 0.29) is 18.0 Å². The van der Waals surface area contributed by atoms with Crippen molar-refractivity contribution in [2.45, 2.75) is 18.8 Å². The molecule has 3 heterocycles. The van der Waals surface area contributed by atoms with Gasteiger partial charge in [0.25, 0.3) is 0 Å². The molecule has 3 aliphatic heterocycles. The quantitative estimate of drug-likeness (QED) is 0.928. The molecule has 25 heavy (non-hydrogen) atoms. The predicted octanol–water partition coefficient (Wildman–Crippen LogP) is 3.37. The number of fused-ring (bicyclic) bond motifs is 2. The van der Waals surface area contributed by atoms with Crippen molar-refractivity contribution in [1.29, 1.82) is 0 Å². The number of phenols is 1. The summed E-state index contributed by atoms with van der Waals surface area (Å²) in [7, 11) is 1.56. The van der Waals surface area contributed by atoms with Crippen LogP contribution in [0.1, 0.15) is 28.9 Å². The van der Waals surface area contributed by atoms with E-state index in [1.54, 1.807) is 13.2 Å². The van der Waals surface area contributed by atoms with E-state index in [4.69, 9.17) is 18.9 Å². The Morgan fingerprint density at radius 3 is 2.24 bits per heavy atom. The Labute approximate surface area is 146 Å². The average Bonchev–Trinajstić information content (AvgIpc) is 3.19. The lowest BCUT2D eigenvalue weighted by Gasteiger charge is -2.23. The van der Waals surface area contributed by atoms with Gasteiger partial charge in [0.05, 0.1) is 32.5 Å². The molecule has 2 fully saturated rings. The Balaban J connectivity index is 1.40. The van der Waals surface area contributed by atoms with Crippen molar-refractivity contribution in [2.24, 2.45) is 11.8 Å². The lowest BCUT2D eigenvalue weighted by molar-refractivity contribution is 0.0191. The van der Waals surface area contributed by atoms with Crippen molar-refractivity contribution >= 4 is 0 Å². The molecule has 130 valence electrons. The fraction of sp³-hybridized carbons (Fsp3) is 0.400. The molecule has 5 nitrogen and oxygen atoms in total. The summed E-state index contributed by atoms with van der Waals surface area (Å²) in [6.07, 6.45) is 0.0411. The zero-order valence-corrected chi connectivity index (χ0v) is 14.0. The second-order valence-corrected chi connectivity index (χ2v) is 6.92. The standard InChI is InChI=1S/C20H20O5/c1-22-18-7-12(2-4-16(18)21)20-15-10-24-19(14(15)9-25-20)11-3-5-17-13(6-11)8-23-17/h2-7,14-15,19-21H,8-10H2,1H3. The minimum absolute atomic E-state index is 0.0283. The Kier molecular flexibility index (Phi) is 3.40. The van der Waals surface area contributed by atoms with Crippen LogP contribution in [0.15, 0.2) is 36.4 Å². The molecule has 5 heteroatoms. The van der Waals surface area contributed by atoms with Gasteiger partial charge in [-0.3, -0.25) is 0 Å². The second kappa shape index (κ2) is 5.64. The first-order valence-corrected chi connectivity index (χ1v) is 8.60. The monoisotopic (exact) mass is 340 g/mol. The molecule has 0 amide bonds. The first-order valence-electron chi connectivity index (χ1n) is 8.60. The van der Waals surface area contributed by atoms with Crippen LogP contribution in [0.25, 0.3) is 0 Å². The van der Waals surface area contributed by atoms with Crippen LogP contribution in [-0.2, 0) is 16.1 Å². The minimum Gasteiger partial charge on any atom is -0.504 e. The molecule has 2 aromatic rings. The fourth-order valence-corrected chi connectivity index (χ4v) is 4.21. The Morgan fingerprint density at radius 2 is 1.64 bits per heavy atom. The number of phenolic OH excluding ortho intramolecular Hbond substituents is 1. The largest absolute Gasteiger partial charge is 0.504 e. The maximum atomic E-state index is 9.81. The maximum absolute atomic E-state index is 9.81. The normalized spacial score (nSPS) is 29.5. The van der Waals surface area contributed by atoms with Gasteiger partial charge in [0.2, 0.25) is 0 Å². The summed E-state index contributed by atoms with van der Waals surface area (Å²) in [4.78, 5) is 0. The average molecular weight is 340 g/mol. The van der Waals surface area contributed by atoms with Gasteiger partial charge < -0.3 is 24.1 Å². The van der Waals surface area contributed by atoms with Gasteiger partial charge in [-0.2, -0.15) is 0 Å². The number of hydrogen-bond donors (Lipinski definition) is 1. The highest BCUT2D eigenvalue weighted by molar-refractivity contribution is 5.44. The van der Waals surface area contributed by atoms with E-state index >= 15 is 0 Å². The first kappa shape index (κ1) is 15.0. The number of hydrogen-bond acceptors (Lipinski definition) is 5. The highest BCUT2D eigenvalue weighted by atomic mass is 16.5. The summed E-state index contributed by atoms with van der Waals surface area (Å²) in [6, 6.07) is 11.8. The molecule has 5 rings (SSSR count). The van der Waals surface area contributed by atoms with E-state index in [1.807, 2.05) is 18.2 Å². The molecule has 0 saturated carbocycles. The van der Waals surface area contributed by atoms with Gasteiger partial charge in [-0.1, -0.05) is 12.1 Å². The molecule has 0 radical (unpaired) electrons. The third-order valence-corrected chi connectivity index (χ3v) is 5.59. The van der Waals surface area contributed by atoms with Crippen molar-refractivity contribution in [3.05, 3.63) is 53.1 Å². The Hall–Kier alpha value is -2.24. The fourth-order valence-electron chi connectivity index (χ4n) is 4.21. The molecular weight excluding hydrogens is 320 g/mol. The van der Waals surface area contributed by atoms with E-state index in [0.717, 1.165) is 11.3 Å². The Morgan fingerprint density at radius 1 is 0.960 bits per heavy atom. The molecule has 2 saturated heterocycles. The predicted molar refractivity (Wildman–Crippen MR) is 89.8 cm³/mol. The number of rotatable bonds is 3. The van der Waals surface area contributed by atoms with Crippen molar-refractivity contribution in [1.82, 2.24) is 0 Å². The molecule has 4 atom stereocenters. The topological polar surface area (TPSA) is 57.2 Å². The van der Waals surface area contributed by atoms with Crippen LogP contribution in [0.2, 0.25) is 0 Å². The summed E-state index contributed by atoms with van der Waals surface area (Å²) < 4.78 is 22.9. The van der Waals surface area contributed by atoms with Gasteiger partial charge in [-0.15, -0.1) is 0 Å². The SMILES string of the molecule is COc1cc(C2OCC3C(c4ccc5c(c4)CO5)OCC23)ccc1O. The highest BCUT2D eigenvalue weighted by Crippen LogP contribution is 2.51. The molecule has 1 N–H and O–H groups in total. The van der Waals surface area contributed by atoms with Crippen molar-refractivity contribution in [2.75, 3.05) is 20.3 Å². The molecule has 0 spiro atoms. The van der Waals surface area contributed by atoms with Crippen LogP contribution in [0.3, 0.4) is 0 Å². The molecule has 0 aliphatic carbocycles. The lowest BCUT2D eigenvalue weighted by Crippen LogP contribution is -2.16. The second-order valence-electron chi connectivity index (χ2n) is 6.92. The van der Waals surface area contributed by atoms with Gasteiger partial charge in [-0.05, 0) is 35.4 Å². The van der Waals surface area contributed by atoms with Crippen LogP contribution >= 0.6 is 0 Å². The highest BCUT2D eigenvalue weighted by Gasteiger charge is 2.48. The van der Waals surface area contributed by atoms with E-state index < -0.39 is 0 Å². The van der Waals surface area contributed by atoms with Crippen LogP contribution in [0, 0.1) is 11.8 Å². The van der Waals surface area contributed by atoms with Crippen molar-refractivity contribution < 1.29 is 24.1 Å². The van der Waals surface area contributed by atoms with Gasteiger partial charge in [0.15, 0.2) is 11.5 Å². The zero-order valence-electron chi connectivity index (χ0n) is 14.0. The first-order chi connectivity index (χ1) is 12.2. The van der Waals surface area contributed by atoms with Crippen molar-refractivity contribution in [3.63, 3.8) is 0 Å². The van der Waals surface area contributed by atoms with Crippen LogP contribution in [-0.4, -0.2) is 25.4 Å². The van der Waals surface area contributed by atoms with E-state index in [2.05, 4.69) is 12.1 Å². The molecule has 0 aromatic heterocycles. The van der Waals surface area contributed by atoms with Gasteiger partial charge in [0.1, 0.15) is 12.4 Å². The van der Waals surface area contributed by atoms with E-state index in [9.17, 15) is 5.11 Å². The van der Waals surface area contributed by atoms with E-state index in [0.29, 0.717) is 37.4 Å². The van der Waals surface area contributed by atoms with Crippen LogP contribution in [0.5, 0.6) is 17.2 Å². The molecule has 3 aliphatic rings. The zero-order chi connectivity index (χ0) is 17.0. The summed E-state index contributed by atoms with van der Waals surface area (Å²) >= 11 is 0. The molecule has 4 unspecified atom stereocenters. The molecular formula is C20H20O5. The summed E-state index contributed by atoms with van der Waals surface area (Å²) in [6.45, 7) is 2.05. The molecule has 0 bridgehead atoms. The Bertz CT molecular complexity index is 818. The van der Waals surface area contributed by atoms with Gasteiger partial charge in [0, 0.05) is 17.4 Å². The van der Waals surface area contributed by atoms with Gasteiger partial charge >= 0.3 is 0 Å². The number of benzene rings is 2.